The van der Waals surface area contributed by atoms with Crippen molar-refractivity contribution in [3.05, 3.63) is 52.0 Å². The third-order valence-electron chi connectivity index (χ3n) is 3.70. The van der Waals surface area contributed by atoms with E-state index >= 15 is 0 Å². The molecule has 0 fully saturated rings. The van der Waals surface area contributed by atoms with Gasteiger partial charge in [0.25, 0.3) is 0 Å². The standard InChI is InChI=1S/C16H15BrO3/c1-9-12-8-11(17)4-6-14(12)20-16(9)10-3-5-13(18)15(7-10)19-2/h3-9,16,18H,1-2H3/t9-,16-/m0/s1. The third kappa shape index (κ3) is 2.14. The summed E-state index contributed by atoms with van der Waals surface area (Å²) in [7, 11) is 1.55. The van der Waals surface area contributed by atoms with Gasteiger partial charge < -0.3 is 14.6 Å². The largest absolute Gasteiger partial charge is 0.504 e. The Labute approximate surface area is 126 Å². The van der Waals surface area contributed by atoms with Crippen molar-refractivity contribution >= 4 is 15.9 Å². The Bertz CT molecular complexity index is 654. The molecule has 1 aliphatic rings. The minimum Gasteiger partial charge on any atom is -0.504 e. The number of phenolic OH excluding ortho intramolecular Hbond substituents is 1. The first-order valence-electron chi connectivity index (χ1n) is 6.43. The van der Waals surface area contributed by atoms with Crippen molar-refractivity contribution in [1.82, 2.24) is 0 Å². The molecule has 0 bridgehead atoms. The minimum absolute atomic E-state index is 0.0613. The van der Waals surface area contributed by atoms with Crippen molar-refractivity contribution < 1.29 is 14.6 Å². The van der Waals surface area contributed by atoms with Gasteiger partial charge in [-0.15, -0.1) is 0 Å². The van der Waals surface area contributed by atoms with E-state index in [9.17, 15) is 5.11 Å². The molecule has 0 amide bonds. The first-order valence-corrected chi connectivity index (χ1v) is 7.22. The van der Waals surface area contributed by atoms with E-state index in [2.05, 4.69) is 28.9 Å². The van der Waals surface area contributed by atoms with Crippen LogP contribution in [0.5, 0.6) is 17.2 Å². The van der Waals surface area contributed by atoms with Gasteiger partial charge in [0.05, 0.1) is 7.11 Å². The van der Waals surface area contributed by atoms with Crippen LogP contribution in [0.2, 0.25) is 0 Å². The first-order chi connectivity index (χ1) is 9.60. The Morgan fingerprint density at radius 3 is 2.75 bits per heavy atom. The van der Waals surface area contributed by atoms with Crippen LogP contribution in [0.25, 0.3) is 0 Å². The molecule has 1 N–H and O–H groups in total. The molecule has 1 aliphatic heterocycles. The van der Waals surface area contributed by atoms with Crippen LogP contribution < -0.4 is 9.47 Å². The van der Waals surface area contributed by atoms with Crippen LogP contribution >= 0.6 is 15.9 Å². The summed E-state index contributed by atoms with van der Waals surface area (Å²) < 4.78 is 12.3. The minimum atomic E-state index is -0.0613. The van der Waals surface area contributed by atoms with Crippen LogP contribution in [0.15, 0.2) is 40.9 Å². The average molecular weight is 335 g/mol. The SMILES string of the molecule is COc1cc([C@H]2Oc3ccc(Br)cc3[C@@H]2C)ccc1O. The molecule has 0 saturated carbocycles. The molecule has 3 nitrogen and oxygen atoms in total. The predicted octanol–water partition coefficient (Wildman–Crippen LogP) is 4.40. The van der Waals surface area contributed by atoms with Crippen molar-refractivity contribution in [2.75, 3.05) is 7.11 Å². The lowest BCUT2D eigenvalue weighted by Gasteiger charge is -2.17. The molecule has 3 rings (SSSR count). The predicted molar refractivity (Wildman–Crippen MR) is 80.6 cm³/mol. The zero-order valence-electron chi connectivity index (χ0n) is 11.3. The van der Waals surface area contributed by atoms with E-state index in [1.807, 2.05) is 24.3 Å². The summed E-state index contributed by atoms with van der Waals surface area (Å²) in [6.07, 6.45) is -0.0613. The topological polar surface area (TPSA) is 38.7 Å². The highest BCUT2D eigenvalue weighted by molar-refractivity contribution is 9.10. The number of rotatable bonds is 2. The molecule has 0 radical (unpaired) electrons. The normalized spacial score (nSPS) is 20.4. The lowest BCUT2D eigenvalue weighted by Crippen LogP contribution is -2.07. The number of ether oxygens (including phenoxy) is 2. The molecule has 1 heterocycles. The summed E-state index contributed by atoms with van der Waals surface area (Å²) in [5, 5.41) is 9.68. The maximum absolute atomic E-state index is 9.68. The molecule has 0 aromatic heterocycles. The summed E-state index contributed by atoms with van der Waals surface area (Å²) >= 11 is 3.49. The van der Waals surface area contributed by atoms with Gasteiger partial charge in [0.15, 0.2) is 11.5 Å². The van der Waals surface area contributed by atoms with Gasteiger partial charge in [-0.2, -0.15) is 0 Å². The van der Waals surface area contributed by atoms with Gasteiger partial charge >= 0.3 is 0 Å². The highest BCUT2D eigenvalue weighted by Gasteiger charge is 2.32. The van der Waals surface area contributed by atoms with E-state index in [-0.39, 0.29) is 17.8 Å². The fourth-order valence-electron chi connectivity index (χ4n) is 2.61. The smallest absolute Gasteiger partial charge is 0.160 e. The van der Waals surface area contributed by atoms with Crippen molar-refractivity contribution in [3.63, 3.8) is 0 Å². The van der Waals surface area contributed by atoms with E-state index in [0.29, 0.717) is 5.75 Å². The van der Waals surface area contributed by atoms with Crippen molar-refractivity contribution in [3.8, 4) is 17.2 Å². The Hall–Kier alpha value is -1.68. The number of benzene rings is 2. The zero-order valence-corrected chi connectivity index (χ0v) is 12.8. The number of hydrogen-bond acceptors (Lipinski definition) is 3. The van der Waals surface area contributed by atoms with Crippen molar-refractivity contribution in [2.45, 2.75) is 18.9 Å². The van der Waals surface area contributed by atoms with Gasteiger partial charge in [-0.1, -0.05) is 28.9 Å². The van der Waals surface area contributed by atoms with E-state index in [4.69, 9.17) is 9.47 Å². The molecule has 2 atom stereocenters. The van der Waals surface area contributed by atoms with E-state index in [0.717, 1.165) is 15.8 Å². The number of aromatic hydroxyl groups is 1. The molecule has 0 saturated heterocycles. The van der Waals surface area contributed by atoms with Crippen LogP contribution in [-0.4, -0.2) is 12.2 Å². The fourth-order valence-corrected chi connectivity index (χ4v) is 2.99. The van der Waals surface area contributed by atoms with Gasteiger partial charge in [-0.3, -0.25) is 0 Å². The molecule has 2 aromatic carbocycles. The van der Waals surface area contributed by atoms with E-state index < -0.39 is 0 Å². The first kappa shape index (κ1) is 13.3. The third-order valence-corrected chi connectivity index (χ3v) is 4.20. The Balaban J connectivity index is 1.97. The summed E-state index contributed by atoms with van der Waals surface area (Å²) in [5.74, 6) is 1.77. The second kappa shape index (κ2) is 5.02. The van der Waals surface area contributed by atoms with E-state index in [1.165, 1.54) is 5.56 Å². The number of hydrogen-bond donors (Lipinski definition) is 1. The molecule has 0 spiro atoms. The van der Waals surface area contributed by atoms with Gasteiger partial charge in [-0.25, -0.2) is 0 Å². The summed E-state index contributed by atoms with van der Waals surface area (Å²) in [4.78, 5) is 0. The number of fused-ring (bicyclic) bond motifs is 1. The Morgan fingerprint density at radius 2 is 2.00 bits per heavy atom. The Kier molecular flexibility index (Phi) is 3.34. The monoisotopic (exact) mass is 334 g/mol. The van der Waals surface area contributed by atoms with E-state index in [1.54, 1.807) is 13.2 Å². The van der Waals surface area contributed by atoms with Crippen molar-refractivity contribution in [1.29, 1.82) is 0 Å². The van der Waals surface area contributed by atoms with Crippen LogP contribution in [0.1, 0.15) is 30.1 Å². The number of methoxy groups -OCH3 is 1. The van der Waals surface area contributed by atoms with Crippen LogP contribution in [-0.2, 0) is 0 Å². The van der Waals surface area contributed by atoms with Crippen LogP contribution in [0.3, 0.4) is 0 Å². The fraction of sp³-hybridized carbons (Fsp3) is 0.250. The summed E-state index contributed by atoms with van der Waals surface area (Å²) in [6.45, 7) is 2.14. The average Bonchev–Trinajstić information content (AvgIpc) is 2.77. The Morgan fingerprint density at radius 1 is 1.20 bits per heavy atom. The highest BCUT2D eigenvalue weighted by Crippen LogP contribution is 2.47. The number of phenols is 1. The molecular weight excluding hydrogens is 320 g/mol. The van der Waals surface area contributed by atoms with Crippen molar-refractivity contribution in [2.24, 2.45) is 0 Å². The molecule has 0 unspecified atom stereocenters. The second-order valence-corrected chi connectivity index (χ2v) is 5.86. The summed E-state index contributed by atoms with van der Waals surface area (Å²) in [6, 6.07) is 11.4. The highest BCUT2D eigenvalue weighted by atomic mass is 79.9. The molecule has 2 aromatic rings. The van der Waals surface area contributed by atoms with Gasteiger partial charge in [0.2, 0.25) is 0 Å². The van der Waals surface area contributed by atoms with Crippen LogP contribution in [0.4, 0.5) is 0 Å². The van der Waals surface area contributed by atoms with Gasteiger partial charge in [-0.05, 0) is 35.9 Å². The number of halogens is 1. The molecular formula is C16H15BrO3. The molecule has 104 valence electrons. The molecule has 20 heavy (non-hydrogen) atoms. The van der Waals surface area contributed by atoms with Crippen LogP contribution in [0, 0.1) is 0 Å². The lowest BCUT2D eigenvalue weighted by atomic mass is 9.93. The second-order valence-electron chi connectivity index (χ2n) is 4.94. The molecule has 4 heteroatoms. The molecule has 0 aliphatic carbocycles. The van der Waals surface area contributed by atoms with Gasteiger partial charge in [0, 0.05) is 16.0 Å². The maximum Gasteiger partial charge on any atom is 0.160 e. The zero-order chi connectivity index (χ0) is 14.3. The maximum atomic E-state index is 9.68. The quantitative estimate of drug-likeness (QED) is 0.884. The lowest BCUT2D eigenvalue weighted by molar-refractivity contribution is 0.215. The summed E-state index contributed by atoms with van der Waals surface area (Å²) in [5.41, 5.74) is 2.19. The van der Waals surface area contributed by atoms with Gasteiger partial charge in [0.1, 0.15) is 11.9 Å².